The van der Waals surface area contributed by atoms with Crippen molar-refractivity contribution in [2.24, 2.45) is 4.99 Å². The number of nitrogens with zero attached hydrogens (tertiary/aromatic N) is 3. The van der Waals surface area contributed by atoms with Crippen molar-refractivity contribution in [1.82, 2.24) is 20.5 Å². The maximum atomic E-state index is 11.5. The van der Waals surface area contributed by atoms with Crippen LogP contribution in [-0.2, 0) is 17.9 Å². The van der Waals surface area contributed by atoms with E-state index in [1.165, 1.54) is 5.56 Å². The summed E-state index contributed by atoms with van der Waals surface area (Å²) in [5.74, 6) is 0.866. The number of guanidine groups is 1. The third kappa shape index (κ3) is 6.46. The zero-order chi connectivity index (χ0) is 18.2. The molecule has 1 aromatic carbocycles. The molecular weight excluding hydrogens is 455 g/mol. The molecule has 3 N–H and O–H groups in total. The number of hydrogen-bond acceptors (Lipinski definition) is 3. The smallest absolute Gasteiger partial charge is 0.239 e. The van der Waals surface area contributed by atoms with Crippen molar-refractivity contribution in [1.29, 1.82) is 0 Å². The van der Waals surface area contributed by atoms with Crippen LogP contribution in [0.25, 0.3) is 0 Å². The lowest BCUT2D eigenvalue weighted by molar-refractivity contribution is -0.120. The van der Waals surface area contributed by atoms with E-state index >= 15 is 0 Å². The van der Waals surface area contributed by atoms with Crippen LogP contribution in [0.5, 0.6) is 0 Å². The molecule has 2 heterocycles. The monoisotopic (exact) mass is 482 g/mol. The number of piperazine rings is 1. The van der Waals surface area contributed by atoms with Crippen molar-refractivity contribution in [3.8, 4) is 0 Å². The highest BCUT2D eigenvalue weighted by Gasteiger charge is 2.16. The van der Waals surface area contributed by atoms with E-state index in [0.29, 0.717) is 19.6 Å². The topological polar surface area (TPSA) is 73.7 Å². The van der Waals surface area contributed by atoms with Crippen LogP contribution in [-0.4, -0.2) is 49.7 Å². The number of halogens is 1. The molecule has 27 heavy (non-hydrogen) atoms. The minimum absolute atomic E-state index is 0. The first-order valence-electron chi connectivity index (χ1n) is 8.90. The van der Waals surface area contributed by atoms with E-state index in [4.69, 9.17) is 0 Å². The molecule has 1 aliphatic heterocycles. The van der Waals surface area contributed by atoms with Crippen molar-refractivity contribution >= 4 is 41.5 Å². The van der Waals surface area contributed by atoms with E-state index in [-0.39, 0.29) is 29.9 Å². The van der Waals surface area contributed by atoms with Gasteiger partial charge in [-0.15, -0.1) is 24.0 Å². The zero-order valence-corrected chi connectivity index (χ0v) is 17.8. The summed E-state index contributed by atoms with van der Waals surface area (Å²) in [4.78, 5) is 17.9. The number of amides is 1. The SMILES string of the molecule is CN=C(NCCn1cccc1)NCc1ccc(N2CCNC(=O)C2)cc1.I. The summed E-state index contributed by atoms with van der Waals surface area (Å²) in [5.41, 5.74) is 2.25. The van der Waals surface area contributed by atoms with Crippen LogP contribution in [0.1, 0.15) is 5.56 Å². The van der Waals surface area contributed by atoms with Gasteiger partial charge in [-0.05, 0) is 29.8 Å². The largest absolute Gasteiger partial charge is 0.360 e. The number of carbonyl (C=O) groups excluding carboxylic acids is 1. The first-order valence-corrected chi connectivity index (χ1v) is 8.90. The van der Waals surface area contributed by atoms with Gasteiger partial charge in [0.05, 0.1) is 6.54 Å². The Kier molecular flexibility index (Phi) is 8.43. The van der Waals surface area contributed by atoms with E-state index in [1.54, 1.807) is 7.05 Å². The lowest BCUT2D eigenvalue weighted by atomic mass is 10.2. The van der Waals surface area contributed by atoms with Crippen molar-refractivity contribution in [2.75, 3.05) is 38.1 Å². The molecule has 0 bridgehead atoms. The van der Waals surface area contributed by atoms with Gasteiger partial charge < -0.3 is 25.4 Å². The van der Waals surface area contributed by atoms with Crippen molar-refractivity contribution in [2.45, 2.75) is 13.1 Å². The fourth-order valence-electron chi connectivity index (χ4n) is 2.91. The first kappa shape index (κ1) is 21.1. The quantitative estimate of drug-likeness (QED) is 0.331. The predicted octanol–water partition coefficient (Wildman–Crippen LogP) is 1.41. The minimum atomic E-state index is 0. The molecular formula is C19H27IN6O. The number of nitrogens with one attached hydrogen (secondary N) is 3. The Morgan fingerprint density at radius 3 is 2.59 bits per heavy atom. The Balaban J connectivity index is 0.00000261. The second-order valence-electron chi connectivity index (χ2n) is 6.21. The van der Waals surface area contributed by atoms with Crippen LogP contribution in [0.4, 0.5) is 5.69 Å². The second kappa shape index (κ2) is 10.8. The Morgan fingerprint density at radius 1 is 1.19 bits per heavy atom. The van der Waals surface area contributed by atoms with E-state index in [2.05, 4.69) is 54.7 Å². The van der Waals surface area contributed by atoms with Gasteiger partial charge in [0.15, 0.2) is 5.96 Å². The van der Waals surface area contributed by atoms with Crippen molar-refractivity contribution in [3.05, 3.63) is 54.4 Å². The molecule has 0 atom stereocenters. The zero-order valence-electron chi connectivity index (χ0n) is 15.5. The highest BCUT2D eigenvalue weighted by molar-refractivity contribution is 14.0. The summed E-state index contributed by atoms with van der Waals surface area (Å²) in [6.07, 6.45) is 4.09. The van der Waals surface area contributed by atoms with Crippen molar-refractivity contribution in [3.63, 3.8) is 0 Å². The summed E-state index contributed by atoms with van der Waals surface area (Å²) < 4.78 is 2.12. The van der Waals surface area contributed by atoms with E-state index in [9.17, 15) is 4.79 Å². The number of aliphatic imine (C=N–C) groups is 1. The molecule has 1 fully saturated rings. The normalized spacial score (nSPS) is 14.3. The van der Waals surface area contributed by atoms with Crippen LogP contribution < -0.4 is 20.9 Å². The molecule has 8 heteroatoms. The second-order valence-corrected chi connectivity index (χ2v) is 6.21. The van der Waals surface area contributed by atoms with Crippen molar-refractivity contribution < 1.29 is 4.79 Å². The van der Waals surface area contributed by atoms with Crippen LogP contribution in [0.2, 0.25) is 0 Å². The highest BCUT2D eigenvalue weighted by atomic mass is 127. The molecule has 1 aliphatic rings. The molecule has 146 valence electrons. The standard InChI is InChI=1S/C19H26N6O.HI/c1-20-19(22-8-12-24-10-2-3-11-24)23-14-16-4-6-17(7-5-16)25-13-9-21-18(26)15-25;/h2-7,10-11H,8-9,12-15H2,1H3,(H,21,26)(H2,20,22,23);1H. The lowest BCUT2D eigenvalue weighted by Gasteiger charge is -2.28. The maximum absolute atomic E-state index is 11.5. The number of anilines is 1. The molecule has 1 saturated heterocycles. The van der Waals surface area contributed by atoms with E-state index in [0.717, 1.165) is 31.3 Å². The summed E-state index contributed by atoms with van der Waals surface area (Å²) in [7, 11) is 1.77. The van der Waals surface area contributed by atoms with Gasteiger partial charge in [0.2, 0.25) is 5.91 Å². The number of hydrogen-bond donors (Lipinski definition) is 3. The fraction of sp³-hybridized carbons (Fsp3) is 0.368. The minimum Gasteiger partial charge on any atom is -0.360 e. The van der Waals surface area contributed by atoms with Gasteiger partial charge in [-0.1, -0.05) is 12.1 Å². The van der Waals surface area contributed by atoms with E-state index < -0.39 is 0 Å². The molecule has 3 rings (SSSR count). The van der Waals surface area contributed by atoms with Crippen LogP contribution >= 0.6 is 24.0 Å². The summed E-state index contributed by atoms with van der Waals surface area (Å²) in [6.45, 7) is 4.38. The predicted molar refractivity (Wildman–Crippen MR) is 120 cm³/mol. The average molecular weight is 482 g/mol. The molecule has 7 nitrogen and oxygen atoms in total. The Bertz CT molecular complexity index is 729. The summed E-state index contributed by atoms with van der Waals surface area (Å²) in [6, 6.07) is 12.3. The number of benzene rings is 1. The van der Waals surface area contributed by atoms with Gasteiger partial charge in [0.25, 0.3) is 0 Å². The molecule has 0 aliphatic carbocycles. The van der Waals surface area contributed by atoms with Gasteiger partial charge >= 0.3 is 0 Å². The Morgan fingerprint density at radius 2 is 1.93 bits per heavy atom. The lowest BCUT2D eigenvalue weighted by Crippen LogP contribution is -2.47. The third-order valence-corrected chi connectivity index (χ3v) is 4.35. The summed E-state index contributed by atoms with van der Waals surface area (Å²) >= 11 is 0. The Labute approximate surface area is 177 Å². The summed E-state index contributed by atoms with van der Waals surface area (Å²) in [5, 5.41) is 9.48. The Hall–Kier alpha value is -2.23. The molecule has 0 saturated carbocycles. The molecule has 0 unspecified atom stereocenters. The number of aromatic nitrogens is 1. The number of rotatable bonds is 6. The molecule has 0 radical (unpaired) electrons. The van der Waals surface area contributed by atoms with Crippen LogP contribution in [0, 0.1) is 0 Å². The number of carbonyl (C=O) groups is 1. The fourth-order valence-corrected chi connectivity index (χ4v) is 2.91. The molecule has 2 aromatic rings. The molecule has 1 amide bonds. The third-order valence-electron chi connectivity index (χ3n) is 4.35. The van der Waals surface area contributed by atoms with Gasteiger partial charge in [0.1, 0.15) is 0 Å². The highest BCUT2D eigenvalue weighted by Crippen LogP contribution is 2.15. The molecule has 0 spiro atoms. The maximum Gasteiger partial charge on any atom is 0.239 e. The molecule has 1 aromatic heterocycles. The van der Waals surface area contributed by atoms with E-state index in [1.807, 2.05) is 24.5 Å². The van der Waals surface area contributed by atoms with Gasteiger partial charge in [0, 0.05) is 57.9 Å². The van der Waals surface area contributed by atoms with Gasteiger partial charge in [-0.25, -0.2) is 0 Å². The van der Waals surface area contributed by atoms with Gasteiger partial charge in [-0.2, -0.15) is 0 Å². The average Bonchev–Trinajstić information content (AvgIpc) is 3.18. The first-order chi connectivity index (χ1) is 12.7. The van der Waals surface area contributed by atoms with Gasteiger partial charge in [-0.3, -0.25) is 9.79 Å². The van der Waals surface area contributed by atoms with Crippen LogP contribution in [0.15, 0.2) is 53.8 Å². The van der Waals surface area contributed by atoms with Crippen LogP contribution in [0.3, 0.4) is 0 Å².